The third kappa shape index (κ3) is 3.62. The fourth-order valence-corrected chi connectivity index (χ4v) is 4.33. The van der Waals surface area contributed by atoms with E-state index in [1.807, 2.05) is 0 Å². The molecule has 2 rings (SSSR count). The molecule has 104 valence electrons. The minimum atomic E-state index is -3.36. The highest BCUT2D eigenvalue weighted by atomic mass is 32.2. The average molecular weight is 284 g/mol. The molecule has 1 fully saturated rings. The van der Waals surface area contributed by atoms with Crippen molar-refractivity contribution in [2.24, 2.45) is 0 Å². The van der Waals surface area contributed by atoms with E-state index >= 15 is 0 Å². The fraction of sp³-hybridized carbons (Fsp3) is 0.500. The molecule has 0 bridgehead atoms. The molecule has 0 spiro atoms. The van der Waals surface area contributed by atoms with Gasteiger partial charge in [0.05, 0.1) is 5.25 Å². The number of hydrogen-bond acceptors (Lipinski definition) is 3. The van der Waals surface area contributed by atoms with Crippen molar-refractivity contribution in [3.8, 4) is 0 Å². The number of ketones is 1. The van der Waals surface area contributed by atoms with Crippen molar-refractivity contribution in [3.63, 3.8) is 0 Å². The van der Waals surface area contributed by atoms with Crippen molar-refractivity contribution in [2.75, 3.05) is 5.75 Å². The number of sulfone groups is 1. The molecule has 1 aromatic carbocycles. The van der Waals surface area contributed by atoms with Crippen LogP contribution in [0, 0.1) is 5.82 Å². The maximum Gasteiger partial charge on any atom is 0.160 e. The zero-order chi connectivity index (χ0) is 13.9. The Balaban J connectivity index is 2.00. The third-order valence-corrected chi connectivity index (χ3v) is 5.73. The van der Waals surface area contributed by atoms with E-state index in [0.717, 1.165) is 12.8 Å². The topological polar surface area (TPSA) is 51.2 Å². The van der Waals surface area contributed by atoms with Gasteiger partial charge in [-0.3, -0.25) is 4.79 Å². The van der Waals surface area contributed by atoms with Crippen LogP contribution in [0.4, 0.5) is 4.39 Å². The first-order valence-electron chi connectivity index (χ1n) is 6.46. The van der Waals surface area contributed by atoms with Crippen molar-refractivity contribution in [2.45, 2.75) is 37.4 Å². The first kappa shape index (κ1) is 14.2. The molecule has 0 N–H and O–H groups in total. The molecule has 3 nitrogen and oxygen atoms in total. The van der Waals surface area contributed by atoms with Gasteiger partial charge in [0.2, 0.25) is 0 Å². The number of rotatable bonds is 5. The largest absolute Gasteiger partial charge is 0.298 e. The molecular formula is C14H17FO3S. The van der Waals surface area contributed by atoms with Gasteiger partial charge in [0.1, 0.15) is 11.6 Å². The van der Waals surface area contributed by atoms with Gasteiger partial charge in [0.25, 0.3) is 0 Å². The van der Waals surface area contributed by atoms with E-state index in [1.54, 1.807) is 12.1 Å². The summed E-state index contributed by atoms with van der Waals surface area (Å²) in [7, 11) is -3.36. The first-order valence-corrected chi connectivity index (χ1v) is 8.17. The molecule has 1 saturated carbocycles. The fourth-order valence-electron chi connectivity index (χ4n) is 2.49. The van der Waals surface area contributed by atoms with Crippen molar-refractivity contribution in [1.82, 2.24) is 0 Å². The Kier molecular flexibility index (Phi) is 4.34. The molecule has 5 heteroatoms. The van der Waals surface area contributed by atoms with Crippen molar-refractivity contribution in [3.05, 3.63) is 35.6 Å². The van der Waals surface area contributed by atoms with Crippen LogP contribution < -0.4 is 0 Å². The molecule has 0 atom stereocenters. The second-order valence-electron chi connectivity index (χ2n) is 5.02. The molecule has 1 aromatic rings. The maximum atomic E-state index is 13.4. The van der Waals surface area contributed by atoms with Crippen LogP contribution in [-0.2, 0) is 21.1 Å². The average Bonchev–Trinajstić information content (AvgIpc) is 2.85. The Bertz CT molecular complexity index is 560. The highest BCUT2D eigenvalue weighted by Crippen LogP contribution is 2.25. The summed E-state index contributed by atoms with van der Waals surface area (Å²) in [6.45, 7) is 0. The first-order chi connectivity index (χ1) is 8.99. The minimum absolute atomic E-state index is 0.154. The van der Waals surface area contributed by atoms with Crippen LogP contribution in [0.1, 0.15) is 31.2 Å². The van der Waals surface area contributed by atoms with Crippen LogP contribution in [0.5, 0.6) is 0 Å². The second-order valence-corrected chi connectivity index (χ2v) is 7.30. The molecular weight excluding hydrogens is 267 g/mol. The summed E-state index contributed by atoms with van der Waals surface area (Å²) in [5.41, 5.74) is 0.258. The van der Waals surface area contributed by atoms with Gasteiger partial charge < -0.3 is 0 Å². The molecule has 1 aliphatic rings. The van der Waals surface area contributed by atoms with E-state index < -0.39 is 27.2 Å². The van der Waals surface area contributed by atoms with Gasteiger partial charge in [-0.2, -0.15) is 0 Å². The van der Waals surface area contributed by atoms with Gasteiger partial charge in [0.15, 0.2) is 15.6 Å². The number of halogens is 1. The Labute approximate surface area is 112 Å². The lowest BCUT2D eigenvalue weighted by molar-refractivity contribution is -0.116. The van der Waals surface area contributed by atoms with E-state index in [9.17, 15) is 17.6 Å². The summed E-state index contributed by atoms with van der Waals surface area (Å²) < 4.78 is 37.4. The molecule has 0 heterocycles. The normalized spacial score (nSPS) is 16.7. The van der Waals surface area contributed by atoms with E-state index in [2.05, 4.69) is 0 Å². The molecule has 0 amide bonds. The van der Waals surface area contributed by atoms with Crippen LogP contribution in [0.15, 0.2) is 24.3 Å². The van der Waals surface area contributed by atoms with Crippen LogP contribution in [-0.4, -0.2) is 25.2 Å². The Morgan fingerprint density at radius 3 is 2.47 bits per heavy atom. The smallest absolute Gasteiger partial charge is 0.160 e. The molecule has 0 unspecified atom stereocenters. The SMILES string of the molecule is O=C(Cc1ccccc1F)CS(=O)(=O)C1CCCC1. The van der Waals surface area contributed by atoms with Crippen LogP contribution >= 0.6 is 0 Å². The van der Waals surface area contributed by atoms with Crippen LogP contribution in [0.25, 0.3) is 0 Å². The number of carbonyl (C=O) groups excluding carboxylic acids is 1. The van der Waals surface area contributed by atoms with E-state index in [-0.39, 0.29) is 17.2 Å². The minimum Gasteiger partial charge on any atom is -0.298 e. The second kappa shape index (κ2) is 5.82. The molecule has 0 aliphatic heterocycles. The van der Waals surface area contributed by atoms with Gasteiger partial charge in [0, 0.05) is 6.42 Å². The summed E-state index contributed by atoms with van der Waals surface area (Å²) in [6, 6.07) is 5.96. The predicted octanol–water partition coefficient (Wildman–Crippen LogP) is 2.29. The lowest BCUT2D eigenvalue weighted by atomic mass is 10.1. The Morgan fingerprint density at radius 1 is 1.21 bits per heavy atom. The Morgan fingerprint density at radius 2 is 1.84 bits per heavy atom. The lowest BCUT2D eigenvalue weighted by Crippen LogP contribution is -2.26. The number of carbonyl (C=O) groups is 1. The van der Waals surface area contributed by atoms with E-state index in [0.29, 0.717) is 12.8 Å². The molecule has 19 heavy (non-hydrogen) atoms. The lowest BCUT2D eigenvalue weighted by Gasteiger charge is -2.10. The standard InChI is InChI=1S/C14H17FO3S/c15-14-8-4-1-5-11(14)9-12(16)10-19(17,18)13-6-2-3-7-13/h1,4-5,8,13H,2-3,6-7,9-10H2. The van der Waals surface area contributed by atoms with Gasteiger partial charge in [-0.1, -0.05) is 31.0 Å². The summed E-state index contributed by atoms with van der Waals surface area (Å²) in [5, 5.41) is -0.378. The molecule has 1 aliphatic carbocycles. The van der Waals surface area contributed by atoms with Crippen molar-refractivity contribution < 1.29 is 17.6 Å². The monoisotopic (exact) mass is 284 g/mol. The highest BCUT2D eigenvalue weighted by Gasteiger charge is 2.30. The van der Waals surface area contributed by atoms with Gasteiger partial charge in [-0.05, 0) is 24.5 Å². The summed E-state index contributed by atoms with van der Waals surface area (Å²) >= 11 is 0. The number of benzene rings is 1. The molecule has 0 radical (unpaired) electrons. The Hall–Kier alpha value is -1.23. The van der Waals surface area contributed by atoms with Crippen molar-refractivity contribution in [1.29, 1.82) is 0 Å². The van der Waals surface area contributed by atoms with Gasteiger partial charge >= 0.3 is 0 Å². The van der Waals surface area contributed by atoms with Crippen LogP contribution in [0.3, 0.4) is 0 Å². The van der Waals surface area contributed by atoms with Crippen molar-refractivity contribution >= 4 is 15.6 Å². The number of hydrogen-bond donors (Lipinski definition) is 0. The van der Waals surface area contributed by atoms with Gasteiger partial charge in [-0.25, -0.2) is 12.8 Å². The van der Waals surface area contributed by atoms with E-state index in [4.69, 9.17) is 0 Å². The maximum absolute atomic E-state index is 13.4. The van der Waals surface area contributed by atoms with Gasteiger partial charge in [-0.15, -0.1) is 0 Å². The van der Waals surface area contributed by atoms with E-state index in [1.165, 1.54) is 12.1 Å². The summed E-state index contributed by atoms with van der Waals surface area (Å²) in [6.07, 6.45) is 2.96. The quantitative estimate of drug-likeness (QED) is 0.833. The third-order valence-electron chi connectivity index (χ3n) is 3.52. The number of Topliss-reactive ketones (excluding diaryl/α,β-unsaturated/α-hetero) is 1. The predicted molar refractivity (Wildman–Crippen MR) is 71.2 cm³/mol. The molecule has 0 aromatic heterocycles. The molecule has 0 saturated heterocycles. The summed E-state index contributed by atoms with van der Waals surface area (Å²) in [5.74, 6) is -1.36. The van der Waals surface area contributed by atoms with Crippen LogP contribution in [0.2, 0.25) is 0 Å². The zero-order valence-corrected chi connectivity index (χ0v) is 11.5. The summed E-state index contributed by atoms with van der Waals surface area (Å²) in [4.78, 5) is 11.8. The zero-order valence-electron chi connectivity index (χ0n) is 10.6. The highest BCUT2D eigenvalue weighted by molar-refractivity contribution is 7.92.